The lowest BCUT2D eigenvalue weighted by Gasteiger charge is -2.10. The Balaban J connectivity index is 1.98. The highest BCUT2D eigenvalue weighted by atomic mass is 16.5. The van der Waals surface area contributed by atoms with Crippen LogP contribution < -0.4 is 0 Å². The van der Waals surface area contributed by atoms with Crippen LogP contribution in [0.15, 0.2) is 54.7 Å². The molecule has 1 aromatic carbocycles. The monoisotopic (exact) mass is 371 g/mol. The van der Waals surface area contributed by atoms with Gasteiger partial charge in [-0.25, -0.2) is 4.79 Å². The summed E-state index contributed by atoms with van der Waals surface area (Å²) in [6.45, 7) is 6.15. The zero-order valence-corrected chi connectivity index (χ0v) is 16.1. The molecule has 3 aromatic rings. The van der Waals surface area contributed by atoms with Gasteiger partial charge in [0.15, 0.2) is 0 Å². The predicted octanol–water partition coefficient (Wildman–Crippen LogP) is 4.73. The van der Waals surface area contributed by atoms with E-state index in [2.05, 4.69) is 15.6 Å². The minimum Gasteiger partial charge on any atom is -0.462 e. The third kappa shape index (κ3) is 3.86. The van der Waals surface area contributed by atoms with Gasteiger partial charge in [0.25, 0.3) is 0 Å². The summed E-state index contributed by atoms with van der Waals surface area (Å²) >= 11 is 0. The fourth-order valence-corrected chi connectivity index (χ4v) is 3.13. The van der Waals surface area contributed by atoms with Crippen LogP contribution in [0.25, 0.3) is 17.3 Å². The summed E-state index contributed by atoms with van der Waals surface area (Å²) in [5.74, 6) is -0.326. The molecule has 0 aliphatic carbocycles. The van der Waals surface area contributed by atoms with Gasteiger partial charge in [0.1, 0.15) is 6.07 Å². The Morgan fingerprint density at radius 3 is 2.57 bits per heavy atom. The Hall–Kier alpha value is -3.65. The summed E-state index contributed by atoms with van der Waals surface area (Å²) in [6, 6.07) is 17.1. The maximum Gasteiger partial charge on any atom is 0.338 e. The van der Waals surface area contributed by atoms with Gasteiger partial charge in [-0.15, -0.1) is 0 Å². The largest absolute Gasteiger partial charge is 0.462 e. The van der Waals surface area contributed by atoms with Gasteiger partial charge in [0, 0.05) is 23.3 Å². The SMILES string of the molecule is CCOC(=O)c1ccc(-n2c(C)cc(/C=C(\C#N)c3ccccn3)c2C)cc1. The molecule has 0 fully saturated rings. The average Bonchev–Trinajstić information content (AvgIpc) is 3.00. The lowest BCUT2D eigenvalue weighted by atomic mass is 10.1. The van der Waals surface area contributed by atoms with Gasteiger partial charge in [-0.2, -0.15) is 5.26 Å². The van der Waals surface area contributed by atoms with Crippen LogP contribution >= 0.6 is 0 Å². The zero-order chi connectivity index (χ0) is 20.1. The number of aryl methyl sites for hydroxylation is 1. The molecule has 0 saturated carbocycles. The van der Waals surface area contributed by atoms with Crippen molar-refractivity contribution in [3.63, 3.8) is 0 Å². The van der Waals surface area contributed by atoms with E-state index in [4.69, 9.17) is 4.74 Å². The summed E-state index contributed by atoms with van der Waals surface area (Å²) in [6.07, 6.45) is 3.53. The van der Waals surface area contributed by atoms with Crippen molar-refractivity contribution >= 4 is 17.6 Å². The molecular weight excluding hydrogens is 350 g/mol. The van der Waals surface area contributed by atoms with Crippen molar-refractivity contribution in [1.82, 2.24) is 9.55 Å². The number of nitrogens with zero attached hydrogens (tertiary/aromatic N) is 3. The number of nitriles is 1. The Morgan fingerprint density at radius 1 is 1.21 bits per heavy atom. The predicted molar refractivity (Wildman–Crippen MR) is 109 cm³/mol. The minimum absolute atomic E-state index is 0.326. The van der Waals surface area contributed by atoms with Gasteiger partial charge in [-0.1, -0.05) is 6.07 Å². The van der Waals surface area contributed by atoms with Crippen LogP contribution in [0.3, 0.4) is 0 Å². The first kappa shape index (κ1) is 19.1. The maximum absolute atomic E-state index is 11.8. The molecule has 3 rings (SSSR count). The third-order valence-corrected chi connectivity index (χ3v) is 4.47. The second-order valence-electron chi connectivity index (χ2n) is 6.31. The van der Waals surface area contributed by atoms with E-state index in [9.17, 15) is 10.1 Å². The number of rotatable bonds is 5. The fourth-order valence-electron chi connectivity index (χ4n) is 3.13. The number of allylic oxidation sites excluding steroid dienone is 1. The number of hydrogen-bond donors (Lipinski definition) is 0. The van der Waals surface area contributed by atoms with Crippen molar-refractivity contribution in [2.24, 2.45) is 0 Å². The molecule has 0 atom stereocenters. The number of benzene rings is 1. The standard InChI is InChI=1S/C23H21N3O2/c1-4-28-23(27)18-8-10-21(11-9-18)26-16(2)13-19(17(26)3)14-20(15-24)22-7-5-6-12-25-22/h5-14H,4H2,1-3H3/b20-14+. The molecule has 0 radical (unpaired) electrons. The first-order valence-electron chi connectivity index (χ1n) is 9.05. The van der Waals surface area contributed by atoms with Gasteiger partial charge in [-0.3, -0.25) is 4.98 Å². The molecule has 0 amide bonds. The van der Waals surface area contributed by atoms with Gasteiger partial charge >= 0.3 is 5.97 Å². The van der Waals surface area contributed by atoms with Crippen LogP contribution in [0.1, 0.15) is 39.9 Å². The van der Waals surface area contributed by atoms with Crippen molar-refractivity contribution in [3.8, 4) is 11.8 Å². The van der Waals surface area contributed by atoms with E-state index in [1.807, 2.05) is 56.3 Å². The zero-order valence-electron chi connectivity index (χ0n) is 16.1. The first-order chi connectivity index (χ1) is 13.5. The second-order valence-corrected chi connectivity index (χ2v) is 6.31. The van der Waals surface area contributed by atoms with Gasteiger partial charge in [-0.05, 0) is 74.9 Å². The quantitative estimate of drug-likeness (QED) is 0.480. The molecule has 0 aliphatic rings. The average molecular weight is 371 g/mol. The molecule has 28 heavy (non-hydrogen) atoms. The fraction of sp³-hybridized carbons (Fsp3) is 0.174. The van der Waals surface area contributed by atoms with E-state index in [1.54, 1.807) is 25.3 Å². The van der Waals surface area contributed by atoms with Crippen LogP contribution in [0.5, 0.6) is 0 Å². The highest BCUT2D eigenvalue weighted by Gasteiger charge is 2.12. The van der Waals surface area contributed by atoms with Crippen LogP contribution in [0.4, 0.5) is 0 Å². The normalized spacial score (nSPS) is 11.1. The number of pyridine rings is 1. The van der Waals surface area contributed by atoms with Crippen LogP contribution in [0, 0.1) is 25.2 Å². The third-order valence-electron chi connectivity index (χ3n) is 4.47. The molecule has 0 unspecified atom stereocenters. The molecule has 5 nitrogen and oxygen atoms in total. The summed E-state index contributed by atoms with van der Waals surface area (Å²) in [4.78, 5) is 16.1. The molecule has 2 heterocycles. The summed E-state index contributed by atoms with van der Waals surface area (Å²) in [5.41, 5.74) is 5.62. The minimum atomic E-state index is -0.326. The Labute approximate surface area is 164 Å². The van der Waals surface area contributed by atoms with E-state index >= 15 is 0 Å². The highest BCUT2D eigenvalue weighted by Crippen LogP contribution is 2.25. The molecule has 0 bridgehead atoms. The van der Waals surface area contributed by atoms with E-state index < -0.39 is 0 Å². The van der Waals surface area contributed by atoms with Gasteiger partial charge in [0.2, 0.25) is 0 Å². The summed E-state index contributed by atoms with van der Waals surface area (Å²) < 4.78 is 7.12. The first-order valence-corrected chi connectivity index (χ1v) is 9.05. The molecule has 0 spiro atoms. The van der Waals surface area contributed by atoms with E-state index in [0.29, 0.717) is 23.4 Å². The topological polar surface area (TPSA) is 67.9 Å². The number of ether oxygens (including phenoxy) is 1. The van der Waals surface area contributed by atoms with Gasteiger partial charge < -0.3 is 9.30 Å². The van der Waals surface area contributed by atoms with Crippen LogP contribution in [0.2, 0.25) is 0 Å². The van der Waals surface area contributed by atoms with E-state index in [0.717, 1.165) is 22.6 Å². The molecular formula is C23H21N3O2. The summed E-state index contributed by atoms with van der Waals surface area (Å²) in [5, 5.41) is 9.54. The number of carbonyl (C=O) groups excluding carboxylic acids is 1. The molecule has 140 valence electrons. The van der Waals surface area contributed by atoms with Crippen molar-refractivity contribution in [1.29, 1.82) is 5.26 Å². The highest BCUT2D eigenvalue weighted by molar-refractivity contribution is 5.90. The van der Waals surface area contributed by atoms with E-state index in [1.165, 1.54) is 0 Å². The molecule has 5 heteroatoms. The van der Waals surface area contributed by atoms with Crippen LogP contribution in [-0.2, 0) is 4.74 Å². The lowest BCUT2D eigenvalue weighted by molar-refractivity contribution is 0.0526. The van der Waals surface area contributed by atoms with Crippen molar-refractivity contribution < 1.29 is 9.53 Å². The number of esters is 1. The number of carbonyl (C=O) groups is 1. The van der Waals surface area contributed by atoms with Crippen molar-refractivity contribution in [2.45, 2.75) is 20.8 Å². The smallest absolute Gasteiger partial charge is 0.338 e. The number of hydrogen-bond acceptors (Lipinski definition) is 4. The van der Waals surface area contributed by atoms with Crippen molar-refractivity contribution in [2.75, 3.05) is 6.61 Å². The van der Waals surface area contributed by atoms with Crippen LogP contribution in [-0.4, -0.2) is 22.1 Å². The maximum atomic E-state index is 11.8. The molecule has 0 aliphatic heterocycles. The van der Waals surface area contributed by atoms with Crippen molar-refractivity contribution in [3.05, 3.63) is 82.9 Å². The lowest BCUT2D eigenvalue weighted by Crippen LogP contribution is -2.05. The van der Waals surface area contributed by atoms with E-state index in [-0.39, 0.29) is 5.97 Å². The second kappa shape index (κ2) is 8.36. The Morgan fingerprint density at radius 2 is 1.96 bits per heavy atom. The molecule has 0 saturated heterocycles. The Kier molecular flexibility index (Phi) is 5.71. The molecule has 2 aromatic heterocycles. The van der Waals surface area contributed by atoms with Gasteiger partial charge in [0.05, 0.1) is 23.4 Å². The molecule has 0 N–H and O–H groups in total. The summed E-state index contributed by atoms with van der Waals surface area (Å²) in [7, 11) is 0. The number of aromatic nitrogens is 2. The Bertz CT molecular complexity index is 1060.